The zero-order chi connectivity index (χ0) is 9.84. The number of nitrogens with two attached hydrogens (primary N) is 1. The standard InChI is InChI=1S/C8H13N3O2/c1-5(2)13-7-4-6(12-3)10-8(9)11-7/h4-5H,1-3H3,(H2,9,10,11). The minimum atomic E-state index is 0.0546. The van der Waals surface area contributed by atoms with Gasteiger partial charge in [0, 0.05) is 0 Å². The van der Waals surface area contributed by atoms with E-state index in [-0.39, 0.29) is 12.1 Å². The molecular weight excluding hydrogens is 170 g/mol. The SMILES string of the molecule is COc1cc(OC(C)C)nc(N)n1. The Kier molecular flexibility index (Phi) is 2.89. The zero-order valence-electron chi connectivity index (χ0n) is 7.94. The van der Waals surface area contributed by atoms with E-state index in [0.717, 1.165) is 0 Å². The summed E-state index contributed by atoms with van der Waals surface area (Å²) in [4.78, 5) is 7.71. The molecule has 0 aromatic carbocycles. The molecule has 0 amide bonds. The normalized spacial score (nSPS) is 10.2. The van der Waals surface area contributed by atoms with Gasteiger partial charge in [-0.1, -0.05) is 0 Å². The number of hydrogen-bond donors (Lipinski definition) is 1. The number of aromatic nitrogens is 2. The van der Waals surface area contributed by atoms with Crippen molar-refractivity contribution in [1.82, 2.24) is 9.97 Å². The molecule has 5 heteroatoms. The molecule has 0 aliphatic rings. The van der Waals surface area contributed by atoms with Crippen LogP contribution in [0, 0.1) is 0 Å². The third kappa shape index (κ3) is 2.77. The van der Waals surface area contributed by atoms with Crippen LogP contribution in [-0.4, -0.2) is 23.2 Å². The van der Waals surface area contributed by atoms with Crippen LogP contribution >= 0.6 is 0 Å². The smallest absolute Gasteiger partial charge is 0.226 e. The van der Waals surface area contributed by atoms with Crippen LogP contribution < -0.4 is 15.2 Å². The molecule has 0 bridgehead atoms. The van der Waals surface area contributed by atoms with Crippen LogP contribution in [0.1, 0.15) is 13.8 Å². The van der Waals surface area contributed by atoms with E-state index in [2.05, 4.69) is 9.97 Å². The lowest BCUT2D eigenvalue weighted by Crippen LogP contribution is -2.08. The molecule has 1 heterocycles. The summed E-state index contributed by atoms with van der Waals surface area (Å²) in [5.74, 6) is 0.984. The average Bonchev–Trinajstić information content (AvgIpc) is 2.01. The maximum absolute atomic E-state index is 5.43. The first-order valence-electron chi connectivity index (χ1n) is 3.97. The van der Waals surface area contributed by atoms with Crippen LogP contribution in [-0.2, 0) is 0 Å². The van der Waals surface area contributed by atoms with Crippen molar-refractivity contribution >= 4 is 5.95 Å². The summed E-state index contributed by atoms with van der Waals surface area (Å²) in [5, 5.41) is 0. The summed E-state index contributed by atoms with van der Waals surface area (Å²) >= 11 is 0. The van der Waals surface area contributed by atoms with Crippen LogP contribution in [0.4, 0.5) is 5.95 Å². The minimum absolute atomic E-state index is 0.0546. The van der Waals surface area contributed by atoms with Gasteiger partial charge >= 0.3 is 0 Å². The second-order valence-electron chi connectivity index (χ2n) is 2.77. The van der Waals surface area contributed by atoms with Gasteiger partial charge < -0.3 is 15.2 Å². The number of anilines is 1. The van der Waals surface area contributed by atoms with Crippen molar-refractivity contribution in [2.75, 3.05) is 12.8 Å². The van der Waals surface area contributed by atoms with Crippen molar-refractivity contribution in [3.63, 3.8) is 0 Å². The molecule has 1 aromatic heterocycles. The van der Waals surface area contributed by atoms with Crippen LogP contribution in [0.3, 0.4) is 0 Å². The third-order valence-corrected chi connectivity index (χ3v) is 1.26. The Balaban J connectivity index is 2.88. The molecule has 0 aliphatic heterocycles. The monoisotopic (exact) mass is 183 g/mol. The van der Waals surface area contributed by atoms with E-state index in [1.54, 1.807) is 6.07 Å². The molecule has 0 atom stereocenters. The lowest BCUT2D eigenvalue weighted by molar-refractivity contribution is 0.231. The van der Waals surface area contributed by atoms with Crippen molar-refractivity contribution in [3.05, 3.63) is 6.07 Å². The molecule has 72 valence electrons. The molecule has 5 nitrogen and oxygen atoms in total. The van der Waals surface area contributed by atoms with E-state index in [9.17, 15) is 0 Å². The fraction of sp³-hybridized carbons (Fsp3) is 0.500. The molecule has 1 rings (SSSR count). The summed E-state index contributed by atoms with van der Waals surface area (Å²) in [6.45, 7) is 3.82. The van der Waals surface area contributed by atoms with E-state index in [4.69, 9.17) is 15.2 Å². The van der Waals surface area contributed by atoms with Gasteiger partial charge in [0.15, 0.2) is 0 Å². The van der Waals surface area contributed by atoms with Crippen molar-refractivity contribution in [3.8, 4) is 11.8 Å². The van der Waals surface area contributed by atoms with Gasteiger partial charge in [0.1, 0.15) is 0 Å². The topological polar surface area (TPSA) is 70.3 Å². The Morgan fingerprint density at radius 1 is 1.31 bits per heavy atom. The van der Waals surface area contributed by atoms with E-state index in [1.165, 1.54) is 7.11 Å². The zero-order valence-corrected chi connectivity index (χ0v) is 7.94. The van der Waals surface area contributed by atoms with Crippen molar-refractivity contribution < 1.29 is 9.47 Å². The Hall–Kier alpha value is -1.52. The predicted molar refractivity (Wildman–Crippen MR) is 48.8 cm³/mol. The van der Waals surface area contributed by atoms with Crippen LogP contribution in [0.5, 0.6) is 11.8 Å². The van der Waals surface area contributed by atoms with E-state index in [1.807, 2.05) is 13.8 Å². The molecule has 0 aliphatic carbocycles. The Bertz CT molecular complexity index is 289. The van der Waals surface area contributed by atoms with E-state index < -0.39 is 0 Å². The van der Waals surface area contributed by atoms with Crippen LogP contribution in [0.15, 0.2) is 6.07 Å². The molecule has 0 radical (unpaired) electrons. The molecule has 0 unspecified atom stereocenters. The van der Waals surface area contributed by atoms with Gasteiger partial charge in [-0.2, -0.15) is 9.97 Å². The van der Waals surface area contributed by atoms with Gasteiger partial charge in [0.05, 0.1) is 19.3 Å². The van der Waals surface area contributed by atoms with Gasteiger partial charge in [-0.3, -0.25) is 0 Å². The summed E-state index contributed by atoms with van der Waals surface area (Å²) in [7, 11) is 1.51. The maximum atomic E-state index is 5.43. The summed E-state index contributed by atoms with van der Waals surface area (Å²) in [6, 6.07) is 1.59. The first-order chi connectivity index (χ1) is 6.11. The Morgan fingerprint density at radius 2 is 1.92 bits per heavy atom. The molecule has 13 heavy (non-hydrogen) atoms. The molecule has 0 saturated heterocycles. The molecule has 2 N–H and O–H groups in total. The summed E-state index contributed by atoms with van der Waals surface area (Å²) < 4.78 is 10.2. The highest BCUT2D eigenvalue weighted by atomic mass is 16.5. The number of rotatable bonds is 3. The molecular formula is C8H13N3O2. The lowest BCUT2D eigenvalue weighted by Gasteiger charge is -2.09. The fourth-order valence-corrected chi connectivity index (χ4v) is 0.827. The number of methoxy groups -OCH3 is 1. The van der Waals surface area contributed by atoms with Gasteiger partial charge in [-0.15, -0.1) is 0 Å². The van der Waals surface area contributed by atoms with Crippen molar-refractivity contribution in [1.29, 1.82) is 0 Å². The average molecular weight is 183 g/mol. The quantitative estimate of drug-likeness (QED) is 0.752. The number of nitrogen functional groups attached to an aromatic ring is 1. The fourth-order valence-electron chi connectivity index (χ4n) is 0.827. The molecule has 0 spiro atoms. The van der Waals surface area contributed by atoms with Gasteiger partial charge in [0.2, 0.25) is 17.7 Å². The maximum Gasteiger partial charge on any atom is 0.226 e. The summed E-state index contributed by atoms with van der Waals surface area (Å²) in [5.41, 5.74) is 5.43. The van der Waals surface area contributed by atoms with Crippen LogP contribution in [0.2, 0.25) is 0 Å². The first kappa shape index (κ1) is 9.57. The van der Waals surface area contributed by atoms with E-state index in [0.29, 0.717) is 11.8 Å². The van der Waals surface area contributed by atoms with Crippen molar-refractivity contribution in [2.24, 2.45) is 0 Å². The van der Waals surface area contributed by atoms with Gasteiger partial charge in [0.25, 0.3) is 0 Å². The molecule has 0 saturated carbocycles. The number of nitrogens with zero attached hydrogens (tertiary/aromatic N) is 2. The molecule has 0 fully saturated rings. The Labute approximate surface area is 76.9 Å². The second-order valence-corrected chi connectivity index (χ2v) is 2.77. The largest absolute Gasteiger partial charge is 0.481 e. The van der Waals surface area contributed by atoms with Crippen LogP contribution in [0.25, 0.3) is 0 Å². The second kappa shape index (κ2) is 3.93. The molecule has 1 aromatic rings. The lowest BCUT2D eigenvalue weighted by atomic mass is 10.5. The van der Waals surface area contributed by atoms with Crippen molar-refractivity contribution in [2.45, 2.75) is 20.0 Å². The Morgan fingerprint density at radius 3 is 2.46 bits per heavy atom. The first-order valence-corrected chi connectivity index (χ1v) is 3.97. The number of ether oxygens (including phenoxy) is 2. The predicted octanol–water partition coefficient (Wildman–Crippen LogP) is 0.855. The third-order valence-electron chi connectivity index (χ3n) is 1.26. The highest BCUT2D eigenvalue weighted by molar-refractivity contribution is 5.29. The minimum Gasteiger partial charge on any atom is -0.481 e. The highest BCUT2D eigenvalue weighted by Gasteiger charge is 2.04. The van der Waals surface area contributed by atoms with E-state index >= 15 is 0 Å². The van der Waals surface area contributed by atoms with Gasteiger partial charge in [-0.25, -0.2) is 0 Å². The number of hydrogen-bond acceptors (Lipinski definition) is 5. The van der Waals surface area contributed by atoms with Gasteiger partial charge in [-0.05, 0) is 13.8 Å². The summed E-state index contributed by atoms with van der Waals surface area (Å²) in [6.07, 6.45) is 0.0546. The highest BCUT2D eigenvalue weighted by Crippen LogP contribution is 2.16.